The summed E-state index contributed by atoms with van der Waals surface area (Å²) in [5.74, 6) is 0. The molecule has 66 valence electrons. The van der Waals surface area contributed by atoms with Crippen molar-refractivity contribution in [1.29, 1.82) is 0 Å². The summed E-state index contributed by atoms with van der Waals surface area (Å²) in [5.41, 5.74) is 0. The van der Waals surface area contributed by atoms with Crippen molar-refractivity contribution in [3.63, 3.8) is 0 Å². The summed E-state index contributed by atoms with van der Waals surface area (Å²) in [5, 5.41) is 0.881. The van der Waals surface area contributed by atoms with Crippen LogP contribution in [0.3, 0.4) is 0 Å². The predicted molar refractivity (Wildman–Crippen MR) is 50.7 cm³/mol. The molecule has 0 fully saturated rings. The van der Waals surface area contributed by atoms with Gasteiger partial charge in [-0.2, -0.15) is 0 Å². The Bertz CT molecular complexity index is 117. The zero-order valence-electron chi connectivity index (χ0n) is 7.40. The Morgan fingerprint density at radius 1 is 1.27 bits per heavy atom. The lowest BCUT2D eigenvalue weighted by Crippen LogP contribution is -1.73. The first-order valence-electron chi connectivity index (χ1n) is 3.79. The number of halogens is 2. The van der Waals surface area contributed by atoms with E-state index in [9.17, 15) is 4.39 Å². The average Bonchev–Trinajstić information content (AvgIpc) is 2.13. The SMILES string of the molecule is CC.CF.ClC1=CCCC=C1. The molecule has 0 unspecified atom stereocenters. The van der Waals surface area contributed by atoms with Crippen LogP contribution in [0, 0.1) is 0 Å². The molecule has 0 aromatic rings. The van der Waals surface area contributed by atoms with Crippen LogP contribution in [0.15, 0.2) is 23.3 Å². The normalized spacial score (nSPS) is 13.4. The van der Waals surface area contributed by atoms with Crippen LogP contribution in [-0.2, 0) is 0 Å². The molecular weight excluding hydrogens is 163 g/mol. The molecule has 0 nitrogen and oxygen atoms in total. The number of hydrogen-bond acceptors (Lipinski definition) is 0. The van der Waals surface area contributed by atoms with E-state index in [1.165, 1.54) is 0 Å². The van der Waals surface area contributed by atoms with Gasteiger partial charge in [-0.05, 0) is 18.9 Å². The van der Waals surface area contributed by atoms with Gasteiger partial charge in [0.1, 0.15) is 0 Å². The Balaban J connectivity index is 0. The molecule has 0 aliphatic heterocycles. The summed E-state index contributed by atoms with van der Waals surface area (Å²) in [6.07, 6.45) is 8.31. The van der Waals surface area contributed by atoms with Crippen molar-refractivity contribution >= 4 is 11.6 Å². The molecule has 0 bridgehead atoms. The Morgan fingerprint density at radius 3 is 2.00 bits per heavy atom. The second-order valence-electron chi connectivity index (χ2n) is 1.57. The second kappa shape index (κ2) is 12.4. The highest BCUT2D eigenvalue weighted by atomic mass is 35.5. The Kier molecular flexibility index (Phi) is 15.0. The maximum atomic E-state index is 9.50. The van der Waals surface area contributed by atoms with Gasteiger partial charge in [0.25, 0.3) is 0 Å². The van der Waals surface area contributed by atoms with Gasteiger partial charge in [-0.3, -0.25) is 4.39 Å². The number of hydrogen-bond donors (Lipinski definition) is 0. The number of allylic oxidation sites excluding steroid dienone is 4. The van der Waals surface area contributed by atoms with Gasteiger partial charge in [0.05, 0.1) is 7.18 Å². The molecule has 11 heavy (non-hydrogen) atoms. The lowest BCUT2D eigenvalue weighted by atomic mass is 10.2. The van der Waals surface area contributed by atoms with E-state index in [4.69, 9.17) is 11.6 Å². The third kappa shape index (κ3) is 9.70. The number of rotatable bonds is 0. The van der Waals surface area contributed by atoms with Gasteiger partial charge in [-0.1, -0.05) is 37.6 Å². The van der Waals surface area contributed by atoms with Gasteiger partial charge in [0.2, 0.25) is 0 Å². The molecule has 1 aliphatic carbocycles. The smallest absolute Gasteiger partial charge is 0.0785 e. The molecular formula is C9H16ClF. The van der Waals surface area contributed by atoms with Gasteiger partial charge >= 0.3 is 0 Å². The number of alkyl halides is 1. The van der Waals surface area contributed by atoms with Crippen molar-refractivity contribution in [2.45, 2.75) is 26.7 Å². The standard InChI is InChI=1S/C6H7Cl.C2H6.CH3F/c7-6-4-2-1-3-5-6;2*1-2/h2,4-5H,1,3H2;1-2H3;1H3. The third-order valence-electron chi connectivity index (χ3n) is 0.950. The summed E-state index contributed by atoms with van der Waals surface area (Å²) in [7, 11) is 0.500. The predicted octanol–water partition coefficient (Wildman–Crippen LogP) is 4.07. The minimum absolute atomic E-state index is 0.500. The third-order valence-corrected chi connectivity index (χ3v) is 1.23. The minimum Gasteiger partial charge on any atom is -0.255 e. The summed E-state index contributed by atoms with van der Waals surface area (Å²) in [6.45, 7) is 4.00. The first kappa shape index (κ1) is 13.3. The van der Waals surface area contributed by atoms with Crippen LogP contribution in [0.5, 0.6) is 0 Å². The van der Waals surface area contributed by atoms with Crippen molar-refractivity contribution in [3.05, 3.63) is 23.3 Å². The van der Waals surface area contributed by atoms with E-state index in [-0.39, 0.29) is 0 Å². The van der Waals surface area contributed by atoms with E-state index in [1.54, 1.807) is 0 Å². The van der Waals surface area contributed by atoms with Crippen molar-refractivity contribution in [1.82, 2.24) is 0 Å². The van der Waals surface area contributed by atoms with Gasteiger partial charge in [-0.15, -0.1) is 0 Å². The van der Waals surface area contributed by atoms with Crippen LogP contribution in [0.25, 0.3) is 0 Å². The van der Waals surface area contributed by atoms with Crippen molar-refractivity contribution in [2.75, 3.05) is 7.18 Å². The highest BCUT2D eigenvalue weighted by Crippen LogP contribution is 2.11. The van der Waals surface area contributed by atoms with Crippen LogP contribution >= 0.6 is 11.6 Å². The molecule has 0 radical (unpaired) electrons. The summed E-state index contributed by atoms with van der Waals surface area (Å²) < 4.78 is 9.50. The van der Waals surface area contributed by atoms with Crippen molar-refractivity contribution < 1.29 is 4.39 Å². The molecule has 0 N–H and O–H groups in total. The van der Waals surface area contributed by atoms with E-state index in [0.717, 1.165) is 17.9 Å². The highest BCUT2D eigenvalue weighted by Gasteiger charge is 1.88. The van der Waals surface area contributed by atoms with Crippen LogP contribution in [0.4, 0.5) is 4.39 Å². The molecule has 0 aromatic heterocycles. The zero-order chi connectivity index (χ0) is 9.11. The van der Waals surface area contributed by atoms with E-state index in [2.05, 4.69) is 6.08 Å². The van der Waals surface area contributed by atoms with Gasteiger partial charge in [0, 0.05) is 5.03 Å². The van der Waals surface area contributed by atoms with E-state index in [0.29, 0.717) is 7.18 Å². The fourth-order valence-electron chi connectivity index (χ4n) is 0.581. The van der Waals surface area contributed by atoms with E-state index in [1.807, 2.05) is 26.0 Å². The molecule has 0 aromatic carbocycles. The summed E-state index contributed by atoms with van der Waals surface area (Å²) in [4.78, 5) is 0. The Hall–Kier alpha value is -0.300. The summed E-state index contributed by atoms with van der Waals surface area (Å²) in [6, 6.07) is 0. The zero-order valence-corrected chi connectivity index (χ0v) is 8.16. The van der Waals surface area contributed by atoms with Crippen LogP contribution in [0.2, 0.25) is 0 Å². The van der Waals surface area contributed by atoms with E-state index >= 15 is 0 Å². The van der Waals surface area contributed by atoms with Gasteiger partial charge in [0.15, 0.2) is 0 Å². The largest absolute Gasteiger partial charge is 0.255 e. The molecule has 1 rings (SSSR count). The maximum absolute atomic E-state index is 9.50. The molecule has 2 heteroatoms. The molecule has 0 saturated heterocycles. The quantitative estimate of drug-likeness (QED) is 0.525. The first-order valence-corrected chi connectivity index (χ1v) is 4.17. The maximum Gasteiger partial charge on any atom is 0.0785 e. The van der Waals surface area contributed by atoms with Gasteiger partial charge in [-0.25, -0.2) is 0 Å². The lowest BCUT2D eigenvalue weighted by Gasteiger charge is -1.94. The molecule has 0 atom stereocenters. The minimum atomic E-state index is 0.500. The topological polar surface area (TPSA) is 0 Å². The average molecular weight is 179 g/mol. The van der Waals surface area contributed by atoms with Crippen LogP contribution < -0.4 is 0 Å². The van der Waals surface area contributed by atoms with Crippen molar-refractivity contribution in [2.24, 2.45) is 0 Å². The molecule has 0 spiro atoms. The molecule has 0 heterocycles. The van der Waals surface area contributed by atoms with Crippen molar-refractivity contribution in [3.8, 4) is 0 Å². The Morgan fingerprint density at radius 2 is 1.82 bits per heavy atom. The lowest BCUT2D eigenvalue weighted by molar-refractivity contribution is 0.636. The fraction of sp³-hybridized carbons (Fsp3) is 0.556. The van der Waals surface area contributed by atoms with Crippen LogP contribution in [0.1, 0.15) is 26.7 Å². The molecule has 0 saturated carbocycles. The van der Waals surface area contributed by atoms with Crippen LogP contribution in [-0.4, -0.2) is 7.18 Å². The highest BCUT2D eigenvalue weighted by molar-refractivity contribution is 6.31. The van der Waals surface area contributed by atoms with Gasteiger partial charge < -0.3 is 0 Å². The Labute approximate surface area is 73.8 Å². The summed E-state index contributed by atoms with van der Waals surface area (Å²) >= 11 is 5.59. The first-order chi connectivity index (χ1) is 5.39. The monoisotopic (exact) mass is 178 g/mol. The van der Waals surface area contributed by atoms with E-state index < -0.39 is 0 Å². The molecule has 0 amide bonds. The molecule has 1 aliphatic rings. The second-order valence-corrected chi connectivity index (χ2v) is 2.01. The fourth-order valence-corrected chi connectivity index (χ4v) is 0.780.